The van der Waals surface area contributed by atoms with Crippen molar-refractivity contribution in [3.8, 4) is 0 Å². The van der Waals surface area contributed by atoms with E-state index in [1.807, 2.05) is 0 Å². The predicted molar refractivity (Wildman–Crippen MR) is 82.7 cm³/mol. The second-order valence-corrected chi connectivity index (χ2v) is 7.46. The fourth-order valence-corrected chi connectivity index (χ4v) is 4.74. The molecule has 0 radical (unpaired) electrons. The monoisotopic (exact) mass is 280 g/mol. The molecule has 20 heavy (non-hydrogen) atoms. The fourth-order valence-electron chi connectivity index (χ4n) is 4.74. The SMILES string of the molecule is CC1CCC(CN)CN1C1CCOC2(CCCCC2)C1. The molecule has 2 aliphatic heterocycles. The number of likely N-dealkylation sites (tertiary alicyclic amines) is 1. The lowest BCUT2D eigenvalue weighted by molar-refractivity contribution is -0.131. The van der Waals surface area contributed by atoms with Crippen LogP contribution in [0.3, 0.4) is 0 Å². The first-order valence-electron chi connectivity index (χ1n) is 8.82. The van der Waals surface area contributed by atoms with E-state index in [4.69, 9.17) is 10.5 Å². The first-order valence-corrected chi connectivity index (χ1v) is 8.82. The first kappa shape index (κ1) is 14.8. The van der Waals surface area contributed by atoms with Gasteiger partial charge in [0.25, 0.3) is 0 Å². The Morgan fingerprint density at radius 1 is 1.15 bits per heavy atom. The van der Waals surface area contributed by atoms with E-state index in [-0.39, 0.29) is 5.60 Å². The van der Waals surface area contributed by atoms with Crippen LogP contribution in [0.15, 0.2) is 0 Å². The Kier molecular flexibility index (Phi) is 4.68. The molecule has 3 fully saturated rings. The Bertz CT molecular complexity index is 309. The molecule has 3 atom stereocenters. The van der Waals surface area contributed by atoms with E-state index in [2.05, 4.69) is 11.8 Å². The molecule has 2 saturated heterocycles. The number of hydrogen-bond donors (Lipinski definition) is 1. The quantitative estimate of drug-likeness (QED) is 0.845. The summed E-state index contributed by atoms with van der Waals surface area (Å²) in [5, 5.41) is 0. The third-order valence-electron chi connectivity index (χ3n) is 6.06. The van der Waals surface area contributed by atoms with Crippen LogP contribution in [0.5, 0.6) is 0 Å². The minimum Gasteiger partial charge on any atom is -0.375 e. The van der Waals surface area contributed by atoms with Crippen LogP contribution < -0.4 is 5.73 Å². The lowest BCUT2D eigenvalue weighted by Gasteiger charge is -2.50. The molecule has 0 aromatic carbocycles. The van der Waals surface area contributed by atoms with Gasteiger partial charge in [0.05, 0.1) is 5.60 Å². The molecule has 3 unspecified atom stereocenters. The highest BCUT2D eigenvalue weighted by Crippen LogP contribution is 2.41. The van der Waals surface area contributed by atoms with Gasteiger partial charge in [-0.05, 0) is 57.9 Å². The normalized spacial score (nSPS) is 39.0. The summed E-state index contributed by atoms with van der Waals surface area (Å²) < 4.78 is 6.26. The minimum atomic E-state index is 0.233. The predicted octanol–water partition coefficient (Wildman–Crippen LogP) is 2.93. The molecular formula is C17H32N2O. The zero-order valence-corrected chi connectivity index (χ0v) is 13.2. The maximum atomic E-state index is 6.26. The fraction of sp³-hybridized carbons (Fsp3) is 1.00. The van der Waals surface area contributed by atoms with Gasteiger partial charge < -0.3 is 10.5 Å². The highest BCUT2D eigenvalue weighted by molar-refractivity contribution is 4.95. The molecule has 1 saturated carbocycles. The Balaban J connectivity index is 1.66. The van der Waals surface area contributed by atoms with Crippen LogP contribution in [0, 0.1) is 5.92 Å². The van der Waals surface area contributed by atoms with Crippen molar-refractivity contribution in [1.82, 2.24) is 4.90 Å². The molecule has 1 spiro atoms. The van der Waals surface area contributed by atoms with Crippen LogP contribution in [0.4, 0.5) is 0 Å². The Labute approximate surface area is 124 Å². The van der Waals surface area contributed by atoms with E-state index in [1.54, 1.807) is 0 Å². The molecule has 0 amide bonds. The number of nitrogens with two attached hydrogens (primary N) is 1. The van der Waals surface area contributed by atoms with E-state index >= 15 is 0 Å². The van der Waals surface area contributed by atoms with Crippen LogP contribution in [-0.2, 0) is 4.74 Å². The molecule has 3 nitrogen and oxygen atoms in total. The van der Waals surface area contributed by atoms with Gasteiger partial charge in [-0.25, -0.2) is 0 Å². The molecule has 2 N–H and O–H groups in total. The lowest BCUT2D eigenvalue weighted by Crippen LogP contribution is -2.55. The van der Waals surface area contributed by atoms with Crippen LogP contribution in [0.2, 0.25) is 0 Å². The summed E-state index contributed by atoms with van der Waals surface area (Å²) in [6, 6.07) is 1.48. The lowest BCUT2D eigenvalue weighted by atomic mass is 9.77. The third kappa shape index (κ3) is 3.05. The van der Waals surface area contributed by atoms with Crippen molar-refractivity contribution >= 4 is 0 Å². The van der Waals surface area contributed by atoms with E-state index < -0.39 is 0 Å². The molecule has 3 rings (SSSR count). The average molecular weight is 280 g/mol. The van der Waals surface area contributed by atoms with E-state index in [1.165, 1.54) is 64.3 Å². The van der Waals surface area contributed by atoms with Gasteiger partial charge in [-0.3, -0.25) is 4.90 Å². The number of piperidine rings is 1. The number of ether oxygens (including phenoxy) is 1. The topological polar surface area (TPSA) is 38.5 Å². The minimum absolute atomic E-state index is 0.233. The van der Waals surface area contributed by atoms with Crippen LogP contribution in [0.25, 0.3) is 0 Å². The van der Waals surface area contributed by atoms with Crippen molar-refractivity contribution < 1.29 is 4.74 Å². The maximum Gasteiger partial charge on any atom is 0.0697 e. The summed E-state index contributed by atoms with van der Waals surface area (Å²) in [4.78, 5) is 2.78. The van der Waals surface area contributed by atoms with E-state index in [9.17, 15) is 0 Å². The van der Waals surface area contributed by atoms with Gasteiger partial charge >= 0.3 is 0 Å². The van der Waals surface area contributed by atoms with Gasteiger partial charge in [0.2, 0.25) is 0 Å². The zero-order chi connectivity index (χ0) is 14.0. The van der Waals surface area contributed by atoms with Crippen molar-refractivity contribution in [3.05, 3.63) is 0 Å². The van der Waals surface area contributed by atoms with Crippen molar-refractivity contribution in [3.63, 3.8) is 0 Å². The number of nitrogens with zero attached hydrogens (tertiary/aromatic N) is 1. The summed E-state index contributed by atoms with van der Waals surface area (Å²) >= 11 is 0. The molecule has 3 heteroatoms. The highest BCUT2D eigenvalue weighted by atomic mass is 16.5. The van der Waals surface area contributed by atoms with Crippen molar-refractivity contribution in [1.29, 1.82) is 0 Å². The summed E-state index contributed by atoms with van der Waals surface area (Å²) in [6.07, 6.45) is 11.9. The maximum absolute atomic E-state index is 6.26. The van der Waals surface area contributed by atoms with Gasteiger partial charge in [0.1, 0.15) is 0 Å². The van der Waals surface area contributed by atoms with Crippen LogP contribution in [-0.4, -0.2) is 42.3 Å². The molecule has 3 aliphatic rings. The Morgan fingerprint density at radius 3 is 2.70 bits per heavy atom. The molecule has 0 aromatic rings. The van der Waals surface area contributed by atoms with Gasteiger partial charge in [-0.1, -0.05) is 19.3 Å². The number of hydrogen-bond acceptors (Lipinski definition) is 3. The standard InChI is InChI=1S/C17H32N2O/c1-14-5-6-15(12-18)13-19(14)16-7-10-20-17(11-16)8-3-2-4-9-17/h14-16H,2-13,18H2,1H3. The molecule has 2 heterocycles. The van der Waals surface area contributed by atoms with Crippen molar-refractivity contribution in [2.24, 2.45) is 11.7 Å². The molecule has 1 aliphatic carbocycles. The third-order valence-corrected chi connectivity index (χ3v) is 6.06. The molecule has 116 valence electrons. The summed E-state index contributed by atoms with van der Waals surface area (Å²) in [7, 11) is 0. The summed E-state index contributed by atoms with van der Waals surface area (Å²) in [5.74, 6) is 0.719. The van der Waals surface area contributed by atoms with Gasteiger partial charge in [-0.2, -0.15) is 0 Å². The first-order chi connectivity index (χ1) is 9.72. The van der Waals surface area contributed by atoms with Gasteiger partial charge in [0, 0.05) is 25.2 Å². The molecule has 0 bridgehead atoms. The zero-order valence-electron chi connectivity index (χ0n) is 13.2. The second-order valence-electron chi connectivity index (χ2n) is 7.46. The molecular weight excluding hydrogens is 248 g/mol. The molecule has 0 aromatic heterocycles. The van der Waals surface area contributed by atoms with E-state index in [0.717, 1.165) is 31.2 Å². The van der Waals surface area contributed by atoms with Gasteiger partial charge in [-0.15, -0.1) is 0 Å². The van der Waals surface area contributed by atoms with E-state index in [0.29, 0.717) is 0 Å². The van der Waals surface area contributed by atoms with Gasteiger partial charge in [0.15, 0.2) is 0 Å². The summed E-state index contributed by atoms with van der Waals surface area (Å²) in [6.45, 7) is 5.47. The number of rotatable bonds is 2. The largest absolute Gasteiger partial charge is 0.375 e. The van der Waals surface area contributed by atoms with Crippen LogP contribution in [0.1, 0.15) is 64.7 Å². The van der Waals surface area contributed by atoms with Crippen molar-refractivity contribution in [2.45, 2.75) is 82.4 Å². The smallest absolute Gasteiger partial charge is 0.0697 e. The Hall–Kier alpha value is -0.120. The Morgan fingerprint density at radius 2 is 1.95 bits per heavy atom. The van der Waals surface area contributed by atoms with Crippen molar-refractivity contribution in [2.75, 3.05) is 19.7 Å². The average Bonchev–Trinajstić information content (AvgIpc) is 2.48. The van der Waals surface area contributed by atoms with Crippen LogP contribution >= 0.6 is 0 Å². The summed E-state index contributed by atoms with van der Waals surface area (Å²) in [5.41, 5.74) is 6.16. The highest BCUT2D eigenvalue weighted by Gasteiger charge is 2.42. The second kappa shape index (κ2) is 6.33.